The maximum atomic E-state index is 2.66. The Morgan fingerprint density at radius 3 is 2.50 bits per heavy atom. The summed E-state index contributed by atoms with van der Waals surface area (Å²) in [7, 11) is 0. The number of nitrogens with zero attached hydrogens (tertiary/aromatic N) is 2. The summed E-state index contributed by atoms with van der Waals surface area (Å²) in [5, 5.41) is 0. The molecule has 1 aromatic rings. The van der Waals surface area contributed by atoms with Gasteiger partial charge in [0.05, 0.1) is 0 Å². The average Bonchev–Trinajstić information content (AvgIpc) is 2.82. The Balaban J connectivity index is 1.56. The van der Waals surface area contributed by atoms with Crippen LogP contribution in [0.4, 0.5) is 0 Å². The Hall–Kier alpha value is -0.510. The second-order valence-corrected chi connectivity index (χ2v) is 8.07. The highest BCUT2D eigenvalue weighted by atomic mass is 32.2. The predicted molar refractivity (Wildman–Crippen MR) is 87.7 cm³/mol. The van der Waals surface area contributed by atoms with E-state index < -0.39 is 0 Å². The summed E-state index contributed by atoms with van der Waals surface area (Å²) >= 11 is 2.03. The fourth-order valence-electron chi connectivity index (χ4n) is 3.29. The van der Waals surface area contributed by atoms with Crippen molar-refractivity contribution in [3.05, 3.63) is 29.8 Å². The molecule has 0 aliphatic carbocycles. The summed E-state index contributed by atoms with van der Waals surface area (Å²) < 4.78 is 0. The van der Waals surface area contributed by atoms with Crippen molar-refractivity contribution in [1.82, 2.24) is 9.80 Å². The summed E-state index contributed by atoms with van der Waals surface area (Å²) in [5.74, 6) is 2.00. The van der Waals surface area contributed by atoms with Crippen molar-refractivity contribution in [1.29, 1.82) is 0 Å². The Morgan fingerprint density at radius 1 is 1.10 bits per heavy atom. The van der Waals surface area contributed by atoms with E-state index in [4.69, 9.17) is 0 Å². The van der Waals surface area contributed by atoms with E-state index in [2.05, 4.69) is 54.8 Å². The van der Waals surface area contributed by atoms with Gasteiger partial charge in [-0.15, -0.1) is 11.8 Å². The summed E-state index contributed by atoms with van der Waals surface area (Å²) in [5.41, 5.74) is 1.90. The molecule has 0 bridgehead atoms. The smallest absolute Gasteiger partial charge is 0.0126 e. The zero-order chi connectivity index (χ0) is 14.2. The lowest BCUT2D eigenvalue weighted by atomic mass is 10.00. The fraction of sp³-hybridized carbons (Fsp3) is 0.647. The first-order valence-corrected chi connectivity index (χ1v) is 8.72. The Bertz CT molecular complexity index is 458. The molecule has 3 heteroatoms. The molecule has 1 fully saturated rings. The molecular formula is C17H26N2S. The molecular weight excluding hydrogens is 264 g/mol. The van der Waals surface area contributed by atoms with Gasteiger partial charge in [-0.25, -0.2) is 0 Å². The third kappa shape index (κ3) is 3.05. The molecule has 0 saturated carbocycles. The van der Waals surface area contributed by atoms with Crippen LogP contribution in [0.1, 0.15) is 32.3 Å². The van der Waals surface area contributed by atoms with Crippen molar-refractivity contribution < 1.29 is 0 Å². The molecule has 1 saturated heterocycles. The summed E-state index contributed by atoms with van der Waals surface area (Å²) in [6.45, 7) is 13.1. The van der Waals surface area contributed by atoms with E-state index >= 15 is 0 Å². The molecule has 0 aromatic heterocycles. The van der Waals surface area contributed by atoms with Gasteiger partial charge in [0.25, 0.3) is 0 Å². The number of rotatable bonds is 2. The van der Waals surface area contributed by atoms with Gasteiger partial charge in [-0.05, 0) is 32.4 Å². The number of piperazine rings is 1. The zero-order valence-electron chi connectivity index (χ0n) is 12.9. The molecule has 1 atom stereocenters. The van der Waals surface area contributed by atoms with Gasteiger partial charge < -0.3 is 4.90 Å². The first-order chi connectivity index (χ1) is 9.54. The van der Waals surface area contributed by atoms with Gasteiger partial charge in [0.1, 0.15) is 0 Å². The molecule has 2 heterocycles. The van der Waals surface area contributed by atoms with E-state index in [1.54, 1.807) is 5.56 Å². The predicted octanol–water partition coefficient (Wildman–Crippen LogP) is 3.29. The number of thioether (sulfide) groups is 1. The van der Waals surface area contributed by atoms with E-state index in [-0.39, 0.29) is 0 Å². The minimum absolute atomic E-state index is 0.321. The van der Waals surface area contributed by atoms with E-state index in [1.807, 2.05) is 11.8 Å². The Labute approximate surface area is 127 Å². The lowest BCUT2D eigenvalue weighted by Gasteiger charge is -2.42. The Kier molecular flexibility index (Phi) is 4.11. The lowest BCUT2D eigenvalue weighted by Crippen LogP contribution is -2.53. The fourth-order valence-corrected chi connectivity index (χ4v) is 4.54. The van der Waals surface area contributed by atoms with Crippen molar-refractivity contribution in [2.45, 2.75) is 37.1 Å². The van der Waals surface area contributed by atoms with Crippen molar-refractivity contribution in [2.24, 2.45) is 0 Å². The minimum Gasteiger partial charge on any atom is -0.300 e. The summed E-state index contributed by atoms with van der Waals surface area (Å²) in [6, 6.07) is 8.95. The highest BCUT2D eigenvalue weighted by Gasteiger charge is 2.29. The van der Waals surface area contributed by atoms with Crippen LogP contribution in [-0.2, 0) is 0 Å². The van der Waals surface area contributed by atoms with Crippen LogP contribution in [-0.4, -0.2) is 53.8 Å². The quantitative estimate of drug-likeness (QED) is 0.825. The number of hydrogen-bond donors (Lipinski definition) is 0. The summed E-state index contributed by atoms with van der Waals surface area (Å²) in [6.07, 6.45) is 0. The molecule has 2 nitrogen and oxygen atoms in total. The second kappa shape index (κ2) is 5.70. The molecule has 1 unspecified atom stereocenters. The van der Waals surface area contributed by atoms with Gasteiger partial charge in [0.2, 0.25) is 0 Å². The standard InChI is InChI=1S/C17H26N2S/c1-17(2,3)19-10-8-18(9-11-19)12-14-13-20-16-7-5-4-6-15(14)16/h4-7,14H,8-13H2,1-3H3. The van der Waals surface area contributed by atoms with Crippen molar-refractivity contribution in [2.75, 3.05) is 38.5 Å². The van der Waals surface area contributed by atoms with Gasteiger partial charge in [0.15, 0.2) is 0 Å². The molecule has 20 heavy (non-hydrogen) atoms. The largest absolute Gasteiger partial charge is 0.300 e. The van der Waals surface area contributed by atoms with E-state index in [0.29, 0.717) is 5.54 Å². The topological polar surface area (TPSA) is 6.48 Å². The first kappa shape index (κ1) is 14.4. The van der Waals surface area contributed by atoms with Crippen LogP contribution < -0.4 is 0 Å². The maximum absolute atomic E-state index is 2.66. The van der Waals surface area contributed by atoms with Crippen molar-refractivity contribution in [3.63, 3.8) is 0 Å². The lowest BCUT2D eigenvalue weighted by molar-refractivity contribution is 0.0605. The average molecular weight is 290 g/mol. The van der Waals surface area contributed by atoms with Crippen LogP contribution in [0.15, 0.2) is 29.2 Å². The highest BCUT2D eigenvalue weighted by molar-refractivity contribution is 7.99. The van der Waals surface area contributed by atoms with Crippen LogP contribution in [0.25, 0.3) is 0 Å². The van der Waals surface area contributed by atoms with Crippen LogP contribution in [0, 0.1) is 0 Å². The third-order valence-electron chi connectivity index (χ3n) is 4.60. The Morgan fingerprint density at radius 2 is 1.80 bits per heavy atom. The molecule has 3 rings (SSSR count). The van der Waals surface area contributed by atoms with Crippen LogP contribution in [0.3, 0.4) is 0 Å². The van der Waals surface area contributed by atoms with Gasteiger partial charge >= 0.3 is 0 Å². The van der Waals surface area contributed by atoms with Gasteiger partial charge in [-0.1, -0.05) is 18.2 Å². The first-order valence-electron chi connectivity index (χ1n) is 7.73. The molecule has 2 aliphatic heterocycles. The van der Waals surface area contributed by atoms with Crippen LogP contribution in [0.5, 0.6) is 0 Å². The van der Waals surface area contributed by atoms with Crippen LogP contribution in [0.2, 0.25) is 0 Å². The number of hydrogen-bond acceptors (Lipinski definition) is 3. The molecule has 110 valence electrons. The molecule has 1 aromatic carbocycles. The van der Waals surface area contributed by atoms with Crippen molar-refractivity contribution in [3.8, 4) is 0 Å². The maximum Gasteiger partial charge on any atom is 0.0126 e. The van der Waals surface area contributed by atoms with Gasteiger partial charge in [0, 0.05) is 54.8 Å². The third-order valence-corrected chi connectivity index (χ3v) is 5.85. The number of benzene rings is 1. The van der Waals surface area contributed by atoms with E-state index in [0.717, 1.165) is 5.92 Å². The SMILES string of the molecule is CC(C)(C)N1CCN(CC2CSc3ccccc32)CC1. The zero-order valence-corrected chi connectivity index (χ0v) is 13.7. The monoisotopic (exact) mass is 290 g/mol. The molecule has 0 spiro atoms. The highest BCUT2D eigenvalue weighted by Crippen LogP contribution is 2.39. The molecule has 0 radical (unpaired) electrons. The van der Waals surface area contributed by atoms with Crippen molar-refractivity contribution >= 4 is 11.8 Å². The normalized spacial score (nSPS) is 24.9. The van der Waals surface area contributed by atoms with E-state index in [9.17, 15) is 0 Å². The molecule has 0 N–H and O–H groups in total. The molecule has 0 amide bonds. The summed E-state index contributed by atoms with van der Waals surface area (Å²) in [4.78, 5) is 6.78. The van der Waals surface area contributed by atoms with E-state index in [1.165, 1.54) is 43.4 Å². The molecule has 2 aliphatic rings. The second-order valence-electron chi connectivity index (χ2n) is 7.00. The minimum atomic E-state index is 0.321. The van der Waals surface area contributed by atoms with Gasteiger partial charge in [-0.3, -0.25) is 4.90 Å². The van der Waals surface area contributed by atoms with Crippen LogP contribution >= 0.6 is 11.8 Å². The number of fused-ring (bicyclic) bond motifs is 1. The van der Waals surface area contributed by atoms with Gasteiger partial charge in [-0.2, -0.15) is 0 Å².